The number of hydrogen-bond donors (Lipinski definition) is 1. The molecule has 0 aromatic heterocycles. The van der Waals surface area contributed by atoms with Crippen molar-refractivity contribution in [1.29, 1.82) is 0 Å². The summed E-state index contributed by atoms with van der Waals surface area (Å²) in [5, 5.41) is 3.49. The summed E-state index contributed by atoms with van der Waals surface area (Å²) in [6.45, 7) is 12.0. The van der Waals surface area contributed by atoms with E-state index in [0.29, 0.717) is 34.8 Å². The largest absolute Gasteiger partial charge is 0.314 e. The third kappa shape index (κ3) is 6.75. The van der Waals surface area contributed by atoms with Crippen LogP contribution in [0, 0.1) is 17.3 Å². The lowest BCUT2D eigenvalue weighted by molar-refractivity contribution is 0.260. The first-order valence-corrected chi connectivity index (χ1v) is 9.35. The van der Waals surface area contributed by atoms with Crippen molar-refractivity contribution in [2.75, 3.05) is 18.1 Å². The first-order chi connectivity index (χ1) is 8.59. The second-order valence-corrected chi connectivity index (χ2v) is 9.81. The van der Waals surface area contributed by atoms with Gasteiger partial charge in [-0.2, -0.15) is 0 Å². The molecule has 0 aliphatic carbocycles. The summed E-state index contributed by atoms with van der Waals surface area (Å²) in [5.74, 6) is 1.66. The molecule has 0 amide bonds. The summed E-state index contributed by atoms with van der Waals surface area (Å²) >= 11 is 0. The van der Waals surface area contributed by atoms with Crippen LogP contribution in [-0.4, -0.2) is 32.5 Å². The molecule has 0 aromatic carbocycles. The van der Waals surface area contributed by atoms with E-state index in [4.69, 9.17) is 0 Å². The molecule has 1 rings (SSSR count). The molecule has 0 aromatic rings. The molecule has 3 nitrogen and oxygen atoms in total. The summed E-state index contributed by atoms with van der Waals surface area (Å²) in [6, 6.07) is 0.468. The average molecular weight is 289 g/mol. The monoisotopic (exact) mass is 289 g/mol. The van der Waals surface area contributed by atoms with Crippen LogP contribution in [0.1, 0.15) is 53.9 Å². The lowest BCUT2D eigenvalue weighted by atomic mass is 9.81. The lowest BCUT2D eigenvalue weighted by Crippen LogP contribution is -2.33. The van der Waals surface area contributed by atoms with E-state index in [9.17, 15) is 8.42 Å². The Morgan fingerprint density at radius 3 is 2.32 bits per heavy atom. The minimum atomic E-state index is -2.76. The van der Waals surface area contributed by atoms with E-state index in [1.165, 1.54) is 0 Å². The fourth-order valence-electron chi connectivity index (χ4n) is 2.71. The standard InChI is InChI=1S/C15H31NO2S/c1-12(2)16-10-13(6-8-15(3,4)5)14-7-9-19(17,18)11-14/h12-14,16H,6-11H2,1-5H3. The van der Waals surface area contributed by atoms with Crippen molar-refractivity contribution in [3.63, 3.8) is 0 Å². The maximum absolute atomic E-state index is 11.7. The zero-order valence-corrected chi connectivity index (χ0v) is 14.0. The van der Waals surface area contributed by atoms with Gasteiger partial charge in [-0.05, 0) is 43.1 Å². The summed E-state index contributed by atoms with van der Waals surface area (Å²) in [6.07, 6.45) is 3.15. The smallest absolute Gasteiger partial charge is 0.150 e. The van der Waals surface area contributed by atoms with E-state index in [1.54, 1.807) is 0 Å². The first kappa shape index (κ1) is 17.0. The number of rotatable bonds is 6. The van der Waals surface area contributed by atoms with Crippen LogP contribution in [0.3, 0.4) is 0 Å². The topological polar surface area (TPSA) is 46.2 Å². The zero-order valence-electron chi connectivity index (χ0n) is 13.2. The van der Waals surface area contributed by atoms with Crippen LogP contribution in [0.25, 0.3) is 0 Å². The van der Waals surface area contributed by atoms with Gasteiger partial charge in [-0.1, -0.05) is 34.6 Å². The fraction of sp³-hybridized carbons (Fsp3) is 1.00. The van der Waals surface area contributed by atoms with Gasteiger partial charge in [0.25, 0.3) is 0 Å². The SMILES string of the molecule is CC(C)NCC(CCC(C)(C)C)C1CCS(=O)(=O)C1. The Labute approximate surface area is 119 Å². The Hall–Kier alpha value is -0.0900. The number of sulfone groups is 1. The lowest BCUT2D eigenvalue weighted by Gasteiger charge is -2.27. The molecule has 4 heteroatoms. The van der Waals surface area contributed by atoms with Crippen LogP contribution in [-0.2, 0) is 9.84 Å². The summed E-state index contributed by atoms with van der Waals surface area (Å²) in [5.41, 5.74) is 0.327. The molecule has 114 valence electrons. The van der Waals surface area contributed by atoms with Crippen molar-refractivity contribution >= 4 is 9.84 Å². The summed E-state index contributed by atoms with van der Waals surface area (Å²) in [4.78, 5) is 0. The Morgan fingerprint density at radius 2 is 1.89 bits per heavy atom. The molecule has 0 saturated carbocycles. The normalized spacial score (nSPS) is 24.8. The van der Waals surface area contributed by atoms with E-state index in [2.05, 4.69) is 39.9 Å². The van der Waals surface area contributed by atoms with Gasteiger partial charge < -0.3 is 5.32 Å². The van der Waals surface area contributed by atoms with Crippen LogP contribution in [0.2, 0.25) is 0 Å². The molecule has 0 bridgehead atoms. The highest BCUT2D eigenvalue weighted by Gasteiger charge is 2.33. The van der Waals surface area contributed by atoms with E-state index < -0.39 is 9.84 Å². The highest BCUT2D eigenvalue weighted by molar-refractivity contribution is 7.91. The van der Waals surface area contributed by atoms with Crippen LogP contribution < -0.4 is 5.32 Å². The molecule has 2 unspecified atom stereocenters. The van der Waals surface area contributed by atoms with E-state index in [1.807, 2.05) is 0 Å². The quantitative estimate of drug-likeness (QED) is 0.818. The molecular weight excluding hydrogens is 258 g/mol. The molecule has 19 heavy (non-hydrogen) atoms. The highest BCUT2D eigenvalue weighted by Crippen LogP contribution is 2.32. The molecule has 1 aliphatic rings. The zero-order chi connectivity index (χ0) is 14.7. The summed E-state index contributed by atoms with van der Waals surface area (Å²) < 4.78 is 23.3. The van der Waals surface area contributed by atoms with Gasteiger partial charge in [0, 0.05) is 6.04 Å². The van der Waals surface area contributed by atoms with E-state index in [0.717, 1.165) is 25.8 Å². The third-order valence-corrected chi connectivity index (χ3v) is 5.78. The van der Waals surface area contributed by atoms with Gasteiger partial charge in [-0.15, -0.1) is 0 Å². The van der Waals surface area contributed by atoms with Crippen molar-refractivity contribution in [2.45, 2.75) is 59.9 Å². The van der Waals surface area contributed by atoms with Crippen LogP contribution in [0.4, 0.5) is 0 Å². The molecule has 1 aliphatic heterocycles. The minimum absolute atomic E-state index is 0.327. The predicted octanol–water partition coefficient (Wildman–Crippen LogP) is 2.86. The van der Waals surface area contributed by atoms with Gasteiger partial charge >= 0.3 is 0 Å². The summed E-state index contributed by atoms with van der Waals surface area (Å²) in [7, 11) is -2.76. The van der Waals surface area contributed by atoms with Gasteiger partial charge in [0.05, 0.1) is 11.5 Å². The van der Waals surface area contributed by atoms with Gasteiger partial charge in [-0.3, -0.25) is 0 Å². The molecule has 1 heterocycles. The molecular formula is C15H31NO2S. The maximum atomic E-state index is 11.7. The second kappa shape index (κ2) is 6.57. The minimum Gasteiger partial charge on any atom is -0.314 e. The maximum Gasteiger partial charge on any atom is 0.150 e. The average Bonchev–Trinajstić information content (AvgIpc) is 2.57. The molecule has 0 spiro atoms. The van der Waals surface area contributed by atoms with Crippen LogP contribution >= 0.6 is 0 Å². The van der Waals surface area contributed by atoms with Crippen molar-refractivity contribution in [1.82, 2.24) is 5.32 Å². The Kier molecular flexibility index (Phi) is 5.87. The first-order valence-electron chi connectivity index (χ1n) is 7.53. The van der Waals surface area contributed by atoms with Crippen molar-refractivity contribution in [3.8, 4) is 0 Å². The van der Waals surface area contributed by atoms with E-state index in [-0.39, 0.29) is 0 Å². The van der Waals surface area contributed by atoms with E-state index >= 15 is 0 Å². The molecule has 0 radical (unpaired) electrons. The number of hydrogen-bond acceptors (Lipinski definition) is 3. The Morgan fingerprint density at radius 1 is 1.26 bits per heavy atom. The third-order valence-electron chi connectivity index (χ3n) is 3.99. The van der Waals surface area contributed by atoms with Gasteiger partial charge in [-0.25, -0.2) is 8.42 Å². The second-order valence-electron chi connectivity index (χ2n) is 7.59. The van der Waals surface area contributed by atoms with Crippen LogP contribution in [0.15, 0.2) is 0 Å². The van der Waals surface area contributed by atoms with Gasteiger partial charge in [0.15, 0.2) is 9.84 Å². The van der Waals surface area contributed by atoms with Crippen molar-refractivity contribution in [3.05, 3.63) is 0 Å². The Bertz CT molecular complexity index is 368. The highest BCUT2D eigenvalue weighted by atomic mass is 32.2. The molecule has 1 fully saturated rings. The van der Waals surface area contributed by atoms with Crippen LogP contribution in [0.5, 0.6) is 0 Å². The molecule has 2 atom stereocenters. The fourth-order valence-corrected chi connectivity index (χ4v) is 4.63. The molecule has 1 N–H and O–H groups in total. The van der Waals surface area contributed by atoms with Crippen molar-refractivity contribution < 1.29 is 8.42 Å². The van der Waals surface area contributed by atoms with Gasteiger partial charge in [0.1, 0.15) is 0 Å². The van der Waals surface area contributed by atoms with Crippen molar-refractivity contribution in [2.24, 2.45) is 17.3 Å². The predicted molar refractivity (Wildman–Crippen MR) is 82.1 cm³/mol. The Balaban J connectivity index is 2.59. The van der Waals surface area contributed by atoms with Gasteiger partial charge in [0.2, 0.25) is 0 Å². The number of nitrogens with one attached hydrogen (secondary N) is 1. The molecule has 1 saturated heterocycles.